The number of hydrogen-bond acceptors (Lipinski definition) is 5. The van der Waals surface area contributed by atoms with Crippen molar-refractivity contribution in [1.82, 2.24) is 15.1 Å². The summed E-state index contributed by atoms with van der Waals surface area (Å²) in [7, 11) is 3.96. The second-order valence-electron chi connectivity index (χ2n) is 6.62. The topological polar surface area (TPSA) is 48.0 Å². The zero-order valence-electron chi connectivity index (χ0n) is 14.6. The van der Waals surface area contributed by atoms with E-state index in [0.29, 0.717) is 19.1 Å². The molecular weight excluding hydrogens is 290 g/mol. The van der Waals surface area contributed by atoms with Gasteiger partial charge >= 0.3 is 0 Å². The van der Waals surface area contributed by atoms with Crippen molar-refractivity contribution in [3.8, 4) is 0 Å². The first-order valence-electron chi connectivity index (χ1n) is 8.51. The molecule has 3 atom stereocenters. The van der Waals surface area contributed by atoms with Gasteiger partial charge in [-0.1, -0.05) is 30.3 Å². The molecule has 130 valence electrons. The summed E-state index contributed by atoms with van der Waals surface area (Å²) in [4.78, 5) is 4.49. The summed E-state index contributed by atoms with van der Waals surface area (Å²) >= 11 is 0. The normalized spacial score (nSPS) is 20.4. The maximum absolute atomic E-state index is 10.1. The predicted octanol–water partition coefficient (Wildman–Crippen LogP) is 0.960. The highest BCUT2D eigenvalue weighted by atomic mass is 16.5. The van der Waals surface area contributed by atoms with E-state index >= 15 is 0 Å². The molecule has 0 aromatic heterocycles. The zero-order chi connectivity index (χ0) is 16.7. The van der Waals surface area contributed by atoms with Crippen LogP contribution in [0.1, 0.15) is 18.5 Å². The molecule has 3 unspecified atom stereocenters. The number of nitrogens with zero attached hydrogens (tertiary/aromatic N) is 2. The van der Waals surface area contributed by atoms with Crippen LogP contribution in [-0.4, -0.2) is 80.5 Å². The number of aliphatic hydroxyl groups excluding tert-OH is 1. The van der Waals surface area contributed by atoms with E-state index in [1.165, 1.54) is 5.56 Å². The fourth-order valence-corrected chi connectivity index (χ4v) is 3.24. The molecule has 0 saturated carbocycles. The molecule has 5 heteroatoms. The third-order valence-corrected chi connectivity index (χ3v) is 4.31. The molecule has 0 aliphatic carbocycles. The van der Waals surface area contributed by atoms with Crippen molar-refractivity contribution in [2.24, 2.45) is 0 Å². The molecular formula is C18H31N3O2. The van der Waals surface area contributed by atoms with E-state index < -0.39 is 0 Å². The number of likely N-dealkylation sites (N-methyl/N-ethyl adjacent to an activating group) is 1. The van der Waals surface area contributed by atoms with Crippen LogP contribution in [0.4, 0.5) is 0 Å². The summed E-state index contributed by atoms with van der Waals surface area (Å²) in [5.74, 6) is 0. The minimum atomic E-state index is -0.353. The van der Waals surface area contributed by atoms with Crippen molar-refractivity contribution in [2.45, 2.75) is 25.1 Å². The van der Waals surface area contributed by atoms with Gasteiger partial charge in [0, 0.05) is 32.2 Å². The van der Waals surface area contributed by atoms with E-state index in [2.05, 4.69) is 47.5 Å². The van der Waals surface area contributed by atoms with Crippen LogP contribution in [0, 0.1) is 0 Å². The summed E-state index contributed by atoms with van der Waals surface area (Å²) in [5.41, 5.74) is 1.32. The molecule has 1 saturated heterocycles. The highest BCUT2D eigenvalue weighted by Crippen LogP contribution is 2.25. The Morgan fingerprint density at radius 1 is 1.22 bits per heavy atom. The predicted molar refractivity (Wildman–Crippen MR) is 93.6 cm³/mol. The van der Waals surface area contributed by atoms with Gasteiger partial charge in [-0.15, -0.1) is 0 Å². The number of nitrogens with one attached hydrogen (secondary N) is 1. The van der Waals surface area contributed by atoms with Crippen LogP contribution in [-0.2, 0) is 4.74 Å². The highest BCUT2D eigenvalue weighted by Gasteiger charge is 2.27. The van der Waals surface area contributed by atoms with Gasteiger partial charge in [0.05, 0.1) is 25.4 Å². The third kappa shape index (κ3) is 5.86. The third-order valence-electron chi connectivity index (χ3n) is 4.31. The molecule has 23 heavy (non-hydrogen) atoms. The summed E-state index contributed by atoms with van der Waals surface area (Å²) in [5, 5.41) is 13.6. The lowest BCUT2D eigenvalue weighted by molar-refractivity contribution is 0.00739. The van der Waals surface area contributed by atoms with Gasteiger partial charge in [0.15, 0.2) is 0 Å². The number of aliphatic hydroxyl groups is 1. The Kier molecular flexibility index (Phi) is 7.46. The maximum atomic E-state index is 10.1. The van der Waals surface area contributed by atoms with E-state index in [-0.39, 0.29) is 12.1 Å². The van der Waals surface area contributed by atoms with Crippen LogP contribution in [0.3, 0.4) is 0 Å². The Morgan fingerprint density at radius 3 is 2.48 bits per heavy atom. The van der Waals surface area contributed by atoms with Crippen LogP contribution in [0.5, 0.6) is 0 Å². The number of rotatable bonds is 8. The molecule has 1 aliphatic heterocycles. The van der Waals surface area contributed by atoms with E-state index in [9.17, 15) is 5.11 Å². The fourth-order valence-electron chi connectivity index (χ4n) is 3.24. The quantitative estimate of drug-likeness (QED) is 0.747. The maximum Gasteiger partial charge on any atom is 0.0791 e. The number of morpholine rings is 1. The van der Waals surface area contributed by atoms with Gasteiger partial charge in [-0.25, -0.2) is 0 Å². The van der Waals surface area contributed by atoms with Crippen molar-refractivity contribution in [3.05, 3.63) is 35.9 Å². The van der Waals surface area contributed by atoms with Crippen molar-refractivity contribution in [3.63, 3.8) is 0 Å². The lowest BCUT2D eigenvalue weighted by Crippen LogP contribution is -2.49. The van der Waals surface area contributed by atoms with E-state index in [4.69, 9.17) is 4.74 Å². The lowest BCUT2D eigenvalue weighted by atomic mass is 9.98. The Morgan fingerprint density at radius 2 is 1.87 bits per heavy atom. The molecule has 1 fully saturated rings. The van der Waals surface area contributed by atoms with Gasteiger partial charge < -0.3 is 20.1 Å². The van der Waals surface area contributed by atoms with Crippen LogP contribution in [0.2, 0.25) is 0 Å². The van der Waals surface area contributed by atoms with Crippen LogP contribution >= 0.6 is 0 Å². The average molecular weight is 321 g/mol. The van der Waals surface area contributed by atoms with Crippen molar-refractivity contribution < 1.29 is 9.84 Å². The van der Waals surface area contributed by atoms with E-state index in [1.807, 2.05) is 19.0 Å². The molecule has 5 nitrogen and oxygen atoms in total. The SMILES string of the molecule is CC(NCC(O)CN(C)C)C(c1ccccc1)N1CCOCC1. The second kappa shape index (κ2) is 9.35. The Balaban J connectivity index is 2.01. The largest absolute Gasteiger partial charge is 0.390 e. The van der Waals surface area contributed by atoms with E-state index in [1.54, 1.807) is 0 Å². The first-order chi connectivity index (χ1) is 11.1. The summed E-state index contributed by atoms with van der Waals surface area (Å²) in [6, 6.07) is 11.2. The summed E-state index contributed by atoms with van der Waals surface area (Å²) < 4.78 is 5.50. The number of ether oxygens (including phenoxy) is 1. The van der Waals surface area contributed by atoms with Gasteiger partial charge in [-0.05, 0) is 26.6 Å². The summed E-state index contributed by atoms with van der Waals surface area (Å²) in [6.45, 7) is 6.96. The molecule has 0 amide bonds. The zero-order valence-corrected chi connectivity index (χ0v) is 14.6. The standard InChI is InChI=1S/C18H31N3O2/c1-15(19-13-17(22)14-20(2)3)18(16-7-5-4-6-8-16)21-9-11-23-12-10-21/h4-8,15,17-19,22H,9-14H2,1-3H3. The van der Waals surface area contributed by atoms with Crippen molar-refractivity contribution >= 4 is 0 Å². The van der Waals surface area contributed by atoms with Crippen molar-refractivity contribution in [1.29, 1.82) is 0 Å². The first-order valence-corrected chi connectivity index (χ1v) is 8.51. The van der Waals surface area contributed by atoms with Crippen LogP contribution in [0.15, 0.2) is 30.3 Å². The molecule has 2 rings (SSSR count). The Hall–Kier alpha value is -0.980. The molecule has 0 bridgehead atoms. The molecule has 0 spiro atoms. The number of hydrogen-bond donors (Lipinski definition) is 2. The van der Waals surface area contributed by atoms with Gasteiger partial charge in [-0.3, -0.25) is 4.90 Å². The van der Waals surface area contributed by atoms with Crippen LogP contribution in [0.25, 0.3) is 0 Å². The Bertz CT molecular complexity index is 435. The molecule has 1 aliphatic rings. The number of benzene rings is 1. The van der Waals surface area contributed by atoms with Crippen molar-refractivity contribution in [2.75, 3.05) is 53.5 Å². The van der Waals surface area contributed by atoms with Crippen LogP contribution < -0.4 is 5.32 Å². The molecule has 1 aromatic carbocycles. The summed E-state index contributed by atoms with van der Waals surface area (Å²) in [6.07, 6.45) is -0.353. The Labute approximate surface area is 140 Å². The van der Waals surface area contributed by atoms with Gasteiger partial charge in [0.1, 0.15) is 0 Å². The molecule has 1 heterocycles. The van der Waals surface area contributed by atoms with Gasteiger partial charge in [0.25, 0.3) is 0 Å². The smallest absolute Gasteiger partial charge is 0.0791 e. The second-order valence-corrected chi connectivity index (χ2v) is 6.62. The monoisotopic (exact) mass is 321 g/mol. The fraction of sp³-hybridized carbons (Fsp3) is 0.667. The van der Waals surface area contributed by atoms with E-state index in [0.717, 1.165) is 26.3 Å². The minimum absolute atomic E-state index is 0.257. The molecule has 2 N–H and O–H groups in total. The van der Waals surface area contributed by atoms with Gasteiger partial charge in [-0.2, -0.15) is 0 Å². The minimum Gasteiger partial charge on any atom is -0.390 e. The van der Waals surface area contributed by atoms with Gasteiger partial charge in [0.2, 0.25) is 0 Å². The highest BCUT2D eigenvalue weighted by molar-refractivity contribution is 5.21. The first kappa shape index (κ1) is 18.4. The average Bonchev–Trinajstić information content (AvgIpc) is 2.55. The molecule has 1 aromatic rings. The lowest BCUT2D eigenvalue weighted by Gasteiger charge is -2.39. The molecule has 0 radical (unpaired) electrons.